The Hall–Kier alpha value is -1.56. The molecule has 1 aromatic carbocycles. The topological polar surface area (TPSA) is 50.7 Å². The molecule has 17 heavy (non-hydrogen) atoms. The first-order chi connectivity index (χ1) is 8.17. The molecule has 0 aliphatic rings. The first kappa shape index (κ1) is 13.5. The Bertz CT molecular complexity index is 406. The molecule has 6 heteroatoms. The molecule has 0 saturated heterocycles. The maximum atomic E-state index is 12.8. The lowest BCUT2D eigenvalue weighted by Crippen LogP contribution is -2.17. The Morgan fingerprint density at radius 2 is 2.12 bits per heavy atom. The summed E-state index contributed by atoms with van der Waals surface area (Å²) >= 11 is 1.41. The molecule has 0 atom stereocenters. The molecule has 92 valence electrons. The summed E-state index contributed by atoms with van der Waals surface area (Å²) in [5.41, 5.74) is 0.710. The second-order valence-electron chi connectivity index (χ2n) is 2.97. The van der Waals surface area contributed by atoms with Crippen molar-refractivity contribution in [2.75, 3.05) is 12.8 Å². The molecule has 0 aromatic heterocycles. The number of hydrogen-bond donors (Lipinski definition) is 1. The number of carbonyl (C=O) groups excluding carboxylic acids is 1. The summed E-state index contributed by atoms with van der Waals surface area (Å²) in [6.45, 7) is 1.95. The molecule has 0 aliphatic carbocycles. The SMILES string of the molecule is CCS/C(=N\OC(=O)NC)c1ccc(F)cc1. The smallest absolute Gasteiger partial charge is 0.323 e. The monoisotopic (exact) mass is 256 g/mol. The number of amides is 1. The van der Waals surface area contributed by atoms with Gasteiger partial charge < -0.3 is 5.32 Å². The van der Waals surface area contributed by atoms with Crippen LogP contribution >= 0.6 is 11.8 Å². The summed E-state index contributed by atoms with van der Waals surface area (Å²) < 4.78 is 12.8. The Balaban J connectivity index is 2.84. The highest BCUT2D eigenvalue weighted by Crippen LogP contribution is 2.14. The van der Waals surface area contributed by atoms with Crippen LogP contribution in [0.5, 0.6) is 0 Å². The van der Waals surface area contributed by atoms with Gasteiger partial charge in [0.25, 0.3) is 0 Å². The average molecular weight is 256 g/mol. The van der Waals surface area contributed by atoms with Crippen LogP contribution in [0.3, 0.4) is 0 Å². The standard InChI is InChI=1S/C11H13FN2O2S/c1-3-17-10(14-16-11(15)13-2)8-4-6-9(12)7-5-8/h4-7H,3H2,1-2H3,(H,13,15)/b14-10-. The van der Waals surface area contributed by atoms with Gasteiger partial charge >= 0.3 is 6.09 Å². The number of benzene rings is 1. The van der Waals surface area contributed by atoms with Crippen LogP contribution in [0.25, 0.3) is 0 Å². The number of rotatable bonds is 3. The van der Waals surface area contributed by atoms with Crippen LogP contribution in [0, 0.1) is 5.82 Å². The van der Waals surface area contributed by atoms with Gasteiger partial charge in [-0.2, -0.15) is 0 Å². The fourth-order valence-electron chi connectivity index (χ4n) is 1.02. The van der Waals surface area contributed by atoms with Gasteiger partial charge in [0.05, 0.1) is 0 Å². The molecule has 0 saturated carbocycles. The summed E-state index contributed by atoms with van der Waals surface area (Å²) in [6, 6.07) is 5.84. The number of carbonyl (C=O) groups is 1. The lowest BCUT2D eigenvalue weighted by Gasteiger charge is -2.04. The predicted octanol–water partition coefficient (Wildman–Crippen LogP) is 2.60. The van der Waals surface area contributed by atoms with Crippen LogP contribution in [0.15, 0.2) is 29.4 Å². The van der Waals surface area contributed by atoms with Crippen molar-refractivity contribution in [3.05, 3.63) is 35.6 Å². The molecule has 0 aliphatic heterocycles. The van der Waals surface area contributed by atoms with E-state index in [1.807, 2.05) is 6.92 Å². The Kier molecular flexibility index (Phi) is 5.48. The molecule has 0 bridgehead atoms. The minimum atomic E-state index is -0.638. The maximum absolute atomic E-state index is 12.8. The van der Waals surface area contributed by atoms with Crippen molar-refractivity contribution in [3.8, 4) is 0 Å². The van der Waals surface area contributed by atoms with E-state index in [-0.39, 0.29) is 5.82 Å². The quantitative estimate of drug-likeness (QED) is 0.391. The van der Waals surface area contributed by atoms with Crippen LogP contribution in [0.4, 0.5) is 9.18 Å². The summed E-state index contributed by atoms with van der Waals surface area (Å²) in [5, 5.41) is 6.55. The predicted molar refractivity (Wildman–Crippen MR) is 66.6 cm³/mol. The van der Waals surface area contributed by atoms with E-state index in [9.17, 15) is 9.18 Å². The van der Waals surface area contributed by atoms with Crippen molar-refractivity contribution in [3.63, 3.8) is 0 Å². The van der Waals surface area contributed by atoms with E-state index in [1.54, 1.807) is 12.1 Å². The zero-order valence-electron chi connectivity index (χ0n) is 9.57. The number of hydrogen-bond acceptors (Lipinski definition) is 4. The third kappa shape index (κ3) is 4.44. The van der Waals surface area contributed by atoms with Crippen molar-refractivity contribution in [2.24, 2.45) is 5.16 Å². The van der Waals surface area contributed by atoms with Crippen molar-refractivity contribution in [2.45, 2.75) is 6.92 Å². The zero-order valence-corrected chi connectivity index (χ0v) is 10.4. The van der Waals surface area contributed by atoms with E-state index in [1.165, 1.54) is 30.9 Å². The maximum Gasteiger partial charge on any atom is 0.433 e. The molecule has 1 rings (SSSR count). The van der Waals surface area contributed by atoms with Crippen molar-refractivity contribution in [1.82, 2.24) is 5.32 Å². The lowest BCUT2D eigenvalue weighted by atomic mass is 10.2. The molecule has 0 radical (unpaired) electrons. The fourth-order valence-corrected chi connectivity index (χ4v) is 1.69. The van der Waals surface area contributed by atoms with E-state index in [0.29, 0.717) is 10.6 Å². The van der Waals surface area contributed by atoms with Crippen LogP contribution in [-0.4, -0.2) is 23.9 Å². The average Bonchev–Trinajstić information content (AvgIpc) is 2.35. The number of oxime groups is 1. The fraction of sp³-hybridized carbons (Fsp3) is 0.273. The van der Waals surface area contributed by atoms with Gasteiger partial charge in [0.15, 0.2) is 0 Å². The van der Waals surface area contributed by atoms with Crippen LogP contribution in [0.1, 0.15) is 12.5 Å². The lowest BCUT2D eigenvalue weighted by molar-refractivity contribution is 0.153. The highest BCUT2D eigenvalue weighted by Gasteiger charge is 2.06. The molecule has 1 amide bonds. The largest absolute Gasteiger partial charge is 0.433 e. The van der Waals surface area contributed by atoms with E-state index < -0.39 is 6.09 Å². The summed E-state index contributed by atoms with van der Waals surface area (Å²) in [5.74, 6) is 0.453. The van der Waals surface area contributed by atoms with Gasteiger partial charge in [-0.25, -0.2) is 9.18 Å². The summed E-state index contributed by atoms with van der Waals surface area (Å²) in [7, 11) is 1.45. The Morgan fingerprint density at radius 3 is 2.65 bits per heavy atom. The first-order valence-corrected chi connectivity index (χ1v) is 6.01. The normalized spacial score (nSPS) is 11.1. The second-order valence-corrected chi connectivity index (χ2v) is 4.22. The molecule has 1 N–H and O–H groups in total. The van der Waals surface area contributed by atoms with Crippen LogP contribution < -0.4 is 5.32 Å². The van der Waals surface area contributed by atoms with Gasteiger partial charge in [-0.3, -0.25) is 4.84 Å². The number of nitrogens with one attached hydrogen (secondary N) is 1. The molecule has 4 nitrogen and oxygen atoms in total. The van der Waals surface area contributed by atoms with E-state index in [4.69, 9.17) is 0 Å². The third-order valence-corrected chi connectivity index (χ3v) is 2.66. The number of halogens is 1. The molecule has 1 aromatic rings. The van der Waals surface area contributed by atoms with E-state index in [2.05, 4.69) is 15.3 Å². The van der Waals surface area contributed by atoms with Gasteiger partial charge in [0.1, 0.15) is 10.9 Å². The highest BCUT2D eigenvalue weighted by molar-refractivity contribution is 8.14. The molecule has 0 spiro atoms. The second kappa shape index (κ2) is 6.90. The minimum absolute atomic E-state index is 0.318. The number of nitrogens with zero attached hydrogens (tertiary/aromatic N) is 1. The molecule has 0 heterocycles. The Morgan fingerprint density at radius 1 is 1.47 bits per heavy atom. The zero-order chi connectivity index (χ0) is 12.7. The van der Waals surface area contributed by atoms with E-state index >= 15 is 0 Å². The van der Waals surface area contributed by atoms with Crippen molar-refractivity contribution >= 4 is 22.9 Å². The summed E-state index contributed by atoms with van der Waals surface area (Å²) in [6.07, 6.45) is -0.638. The third-order valence-electron chi connectivity index (χ3n) is 1.79. The van der Waals surface area contributed by atoms with Gasteiger partial charge in [-0.1, -0.05) is 12.1 Å². The molecular formula is C11H13FN2O2S. The van der Waals surface area contributed by atoms with Gasteiger partial charge in [0, 0.05) is 12.6 Å². The summed E-state index contributed by atoms with van der Waals surface area (Å²) in [4.78, 5) is 15.5. The molecule has 0 unspecified atom stereocenters. The Labute approximate surface area is 103 Å². The molecular weight excluding hydrogens is 243 g/mol. The minimum Gasteiger partial charge on any atom is -0.323 e. The van der Waals surface area contributed by atoms with Gasteiger partial charge in [-0.15, -0.1) is 11.8 Å². The van der Waals surface area contributed by atoms with Crippen molar-refractivity contribution in [1.29, 1.82) is 0 Å². The van der Waals surface area contributed by atoms with Crippen molar-refractivity contribution < 1.29 is 14.0 Å². The first-order valence-electron chi connectivity index (χ1n) is 5.02. The van der Waals surface area contributed by atoms with Gasteiger partial charge in [0.2, 0.25) is 0 Å². The van der Waals surface area contributed by atoms with Crippen LogP contribution in [-0.2, 0) is 4.84 Å². The van der Waals surface area contributed by atoms with E-state index in [0.717, 1.165) is 5.75 Å². The molecule has 0 fully saturated rings. The number of thioether (sulfide) groups is 1. The van der Waals surface area contributed by atoms with Gasteiger partial charge in [-0.05, 0) is 30.0 Å². The highest BCUT2D eigenvalue weighted by atomic mass is 32.2. The van der Waals surface area contributed by atoms with Crippen LogP contribution in [0.2, 0.25) is 0 Å².